The number of aryl methyl sites for hydroxylation is 4. The van der Waals surface area contributed by atoms with E-state index < -0.39 is 0 Å². The summed E-state index contributed by atoms with van der Waals surface area (Å²) in [5.41, 5.74) is 28.3. The standard InChI is InChI=1S/C41H62N2/c1-9-16-17-18-25-37-30(8)40(35-26-31(19-10-2)38(23-14-6)32(27-35)20-11-3)43(42)41(37)36-28-33(21-12-4)39(24-15-7)34(29-36)22-13-5/h26-29H,9-25H2,1-8H3. The molecule has 1 aliphatic rings. The second-order valence-corrected chi connectivity index (χ2v) is 13.0. The van der Waals surface area contributed by atoms with E-state index in [4.69, 9.17) is 0 Å². The fourth-order valence-electron chi connectivity index (χ4n) is 7.37. The normalized spacial score (nSPS) is 13.6. The number of nitrogens with zero attached hydrogens (tertiary/aromatic N) is 2. The third kappa shape index (κ3) is 8.37. The van der Waals surface area contributed by atoms with E-state index in [1.54, 1.807) is 15.8 Å². The summed E-state index contributed by atoms with van der Waals surface area (Å²) in [6.07, 6.45) is 19.5. The summed E-state index contributed by atoms with van der Waals surface area (Å²) < 4.78 is 1.60. The first kappa shape index (κ1) is 35.0. The molecular formula is C41H62N2. The van der Waals surface area contributed by atoms with Crippen LogP contribution in [0, 0.1) is 0 Å². The summed E-state index contributed by atoms with van der Waals surface area (Å²) >= 11 is 0. The van der Waals surface area contributed by atoms with Crippen molar-refractivity contribution in [3.05, 3.63) is 85.5 Å². The molecule has 0 amide bonds. The zero-order valence-corrected chi connectivity index (χ0v) is 29.2. The molecule has 0 bridgehead atoms. The number of allylic oxidation sites excluding steroid dienone is 2. The molecule has 0 atom stereocenters. The van der Waals surface area contributed by atoms with Crippen LogP contribution in [-0.2, 0) is 38.5 Å². The van der Waals surface area contributed by atoms with Gasteiger partial charge in [0, 0.05) is 22.3 Å². The van der Waals surface area contributed by atoms with Crippen molar-refractivity contribution in [2.75, 3.05) is 0 Å². The molecule has 0 saturated carbocycles. The Balaban J connectivity index is 2.24. The second kappa shape index (κ2) is 17.7. The molecule has 1 heterocycles. The quantitative estimate of drug-likeness (QED) is 0.116. The minimum Gasteiger partial charge on any atom is -0.493 e. The second-order valence-electron chi connectivity index (χ2n) is 13.0. The third-order valence-electron chi connectivity index (χ3n) is 9.29. The monoisotopic (exact) mass is 582 g/mol. The van der Waals surface area contributed by atoms with Crippen LogP contribution < -0.4 is 0 Å². The van der Waals surface area contributed by atoms with Crippen molar-refractivity contribution >= 4 is 11.4 Å². The Hall–Kier alpha value is -2.48. The van der Waals surface area contributed by atoms with Gasteiger partial charge in [-0.2, -0.15) is 0 Å². The van der Waals surface area contributed by atoms with E-state index >= 15 is 0 Å². The molecule has 43 heavy (non-hydrogen) atoms. The van der Waals surface area contributed by atoms with Crippen LogP contribution >= 0.6 is 0 Å². The van der Waals surface area contributed by atoms with E-state index in [9.17, 15) is 5.53 Å². The Morgan fingerprint density at radius 2 is 0.860 bits per heavy atom. The summed E-state index contributed by atoms with van der Waals surface area (Å²) in [5.74, 6) is 0. The molecule has 0 unspecified atom stereocenters. The van der Waals surface area contributed by atoms with E-state index in [0.717, 1.165) is 82.0 Å². The topological polar surface area (TPSA) is 25.3 Å². The number of unbranched alkanes of at least 4 members (excludes halogenated alkanes) is 3. The summed E-state index contributed by atoms with van der Waals surface area (Å²) in [5, 5.41) is 0. The molecule has 236 valence electrons. The van der Waals surface area contributed by atoms with Crippen molar-refractivity contribution in [2.45, 2.75) is 165 Å². The maximum Gasteiger partial charge on any atom is 0.211 e. The first-order valence-electron chi connectivity index (χ1n) is 18.1. The van der Waals surface area contributed by atoms with Crippen LogP contribution in [0.1, 0.15) is 171 Å². The number of hydrogen-bond donors (Lipinski definition) is 0. The highest BCUT2D eigenvalue weighted by atomic mass is 15.2. The van der Waals surface area contributed by atoms with Crippen LogP contribution in [-0.4, -0.2) is 4.70 Å². The van der Waals surface area contributed by atoms with Crippen molar-refractivity contribution < 1.29 is 4.70 Å². The smallest absolute Gasteiger partial charge is 0.211 e. The number of benzene rings is 2. The largest absolute Gasteiger partial charge is 0.493 e. The molecule has 2 aromatic carbocycles. The summed E-state index contributed by atoms with van der Waals surface area (Å²) in [6, 6.07) is 9.71. The van der Waals surface area contributed by atoms with Gasteiger partial charge in [-0.05, 0) is 116 Å². The molecule has 1 aliphatic heterocycles. The Labute approximate surface area is 265 Å². The highest BCUT2D eigenvalue weighted by Crippen LogP contribution is 2.44. The molecule has 0 radical (unpaired) electrons. The third-order valence-corrected chi connectivity index (χ3v) is 9.29. The summed E-state index contributed by atoms with van der Waals surface area (Å²) in [7, 11) is 0. The molecule has 0 aromatic heterocycles. The molecule has 2 heteroatoms. The van der Waals surface area contributed by atoms with Crippen LogP contribution in [0.5, 0.6) is 0 Å². The molecule has 0 spiro atoms. The highest BCUT2D eigenvalue weighted by molar-refractivity contribution is 5.82. The van der Waals surface area contributed by atoms with Gasteiger partial charge in [-0.25, -0.2) is 4.70 Å². The zero-order chi connectivity index (χ0) is 31.4. The highest BCUT2D eigenvalue weighted by Gasteiger charge is 2.34. The lowest BCUT2D eigenvalue weighted by Crippen LogP contribution is -2.08. The van der Waals surface area contributed by atoms with Crippen molar-refractivity contribution in [3.8, 4) is 0 Å². The van der Waals surface area contributed by atoms with Gasteiger partial charge in [-0.3, -0.25) is 0 Å². The van der Waals surface area contributed by atoms with E-state index in [-0.39, 0.29) is 0 Å². The lowest BCUT2D eigenvalue weighted by molar-refractivity contribution is -0.345. The van der Waals surface area contributed by atoms with Gasteiger partial charge < -0.3 is 5.53 Å². The van der Waals surface area contributed by atoms with Crippen molar-refractivity contribution in [1.29, 1.82) is 0 Å². The summed E-state index contributed by atoms with van der Waals surface area (Å²) in [4.78, 5) is 0. The first-order valence-corrected chi connectivity index (χ1v) is 18.1. The fourth-order valence-corrected chi connectivity index (χ4v) is 7.37. The predicted molar refractivity (Wildman–Crippen MR) is 189 cm³/mol. The van der Waals surface area contributed by atoms with Gasteiger partial charge in [0.05, 0.1) is 0 Å². The molecule has 0 saturated heterocycles. The van der Waals surface area contributed by atoms with Gasteiger partial charge in [0.25, 0.3) is 0 Å². The van der Waals surface area contributed by atoms with Crippen molar-refractivity contribution in [2.24, 2.45) is 0 Å². The van der Waals surface area contributed by atoms with E-state index in [0.29, 0.717) is 0 Å². The lowest BCUT2D eigenvalue weighted by Gasteiger charge is -2.19. The Bertz CT molecular complexity index is 1230. The van der Waals surface area contributed by atoms with Crippen LogP contribution in [0.3, 0.4) is 0 Å². The molecule has 2 nitrogen and oxygen atoms in total. The van der Waals surface area contributed by atoms with Gasteiger partial charge in [-0.1, -0.05) is 106 Å². The van der Waals surface area contributed by atoms with Gasteiger partial charge in [0.15, 0.2) is 0 Å². The Kier molecular flexibility index (Phi) is 14.4. The molecular weight excluding hydrogens is 520 g/mol. The van der Waals surface area contributed by atoms with E-state index in [1.807, 2.05) is 0 Å². The SMILES string of the molecule is CCCCCCC1=C(c2cc(CCC)c(CCC)c(CCC)c2)[N+](=[N-])C(c2cc(CCC)c(CCC)c(CCC)c2)=C1C. The number of rotatable bonds is 19. The van der Waals surface area contributed by atoms with Gasteiger partial charge in [0.2, 0.25) is 11.4 Å². The van der Waals surface area contributed by atoms with Gasteiger partial charge in [-0.15, -0.1) is 0 Å². The predicted octanol–water partition coefficient (Wildman–Crippen LogP) is 12.6. The maximum absolute atomic E-state index is 12.2. The maximum atomic E-state index is 12.2. The van der Waals surface area contributed by atoms with E-state index in [2.05, 4.69) is 79.7 Å². The van der Waals surface area contributed by atoms with Gasteiger partial charge >= 0.3 is 0 Å². The Morgan fingerprint density at radius 3 is 1.23 bits per heavy atom. The average Bonchev–Trinajstić information content (AvgIpc) is 3.23. The Morgan fingerprint density at radius 1 is 0.465 bits per heavy atom. The minimum absolute atomic E-state index is 1.00. The van der Waals surface area contributed by atoms with Crippen molar-refractivity contribution in [1.82, 2.24) is 0 Å². The van der Waals surface area contributed by atoms with E-state index in [1.165, 1.54) is 83.1 Å². The molecule has 0 fully saturated rings. The van der Waals surface area contributed by atoms with Crippen LogP contribution in [0.25, 0.3) is 16.9 Å². The van der Waals surface area contributed by atoms with Crippen LogP contribution in [0.15, 0.2) is 35.4 Å². The van der Waals surface area contributed by atoms with Crippen LogP contribution in [0.4, 0.5) is 0 Å². The minimum atomic E-state index is 1.00. The fraction of sp³-hybridized carbons (Fsp3) is 0.610. The van der Waals surface area contributed by atoms with Crippen LogP contribution in [0.2, 0.25) is 0 Å². The van der Waals surface area contributed by atoms with Gasteiger partial charge in [0.1, 0.15) is 0 Å². The molecule has 0 N–H and O–H groups in total. The summed E-state index contributed by atoms with van der Waals surface area (Å²) in [6.45, 7) is 18.3. The molecule has 3 rings (SSSR count). The molecule has 2 aromatic rings. The zero-order valence-electron chi connectivity index (χ0n) is 29.2. The van der Waals surface area contributed by atoms with Crippen molar-refractivity contribution in [3.63, 3.8) is 0 Å². The first-order chi connectivity index (χ1) is 20.9. The molecule has 0 aliphatic carbocycles. The lowest BCUT2D eigenvalue weighted by atomic mass is 9.88. The number of hydrogen-bond acceptors (Lipinski definition) is 0. The average molecular weight is 583 g/mol.